The van der Waals surface area contributed by atoms with Crippen LogP contribution in [0.4, 0.5) is 13.2 Å². The monoisotopic (exact) mass is 545 g/mol. The van der Waals surface area contributed by atoms with Crippen LogP contribution in [0.1, 0.15) is 36.4 Å². The van der Waals surface area contributed by atoms with Gasteiger partial charge in [0.2, 0.25) is 0 Å². The maximum Gasteiger partial charge on any atom is 0.434 e. The van der Waals surface area contributed by atoms with Crippen LogP contribution in [0.2, 0.25) is 0 Å². The van der Waals surface area contributed by atoms with Gasteiger partial charge in [-0.2, -0.15) is 13.2 Å². The molecule has 0 saturated carbocycles. The Kier molecular flexibility index (Phi) is 11.0. The molecule has 0 aliphatic heterocycles. The van der Waals surface area contributed by atoms with E-state index in [1.807, 2.05) is 12.1 Å². The van der Waals surface area contributed by atoms with Gasteiger partial charge >= 0.3 is 6.18 Å². The Balaban J connectivity index is 0.00000420. The predicted octanol–water partition coefficient (Wildman–Crippen LogP) is 4.16. The molecule has 2 aromatic heterocycles. The third kappa shape index (κ3) is 7.78. The van der Waals surface area contributed by atoms with Gasteiger partial charge in [-0.25, -0.2) is 4.98 Å². The second-order valence-electron chi connectivity index (χ2n) is 6.01. The van der Waals surface area contributed by atoms with E-state index in [2.05, 4.69) is 39.4 Å². The number of hydrogen-bond donors (Lipinski definition) is 2. The van der Waals surface area contributed by atoms with E-state index in [4.69, 9.17) is 4.42 Å². The Hall–Kier alpha value is -1.34. The van der Waals surface area contributed by atoms with Crippen molar-refractivity contribution in [1.82, 2.24) is 20.5 Å². The summed E-state index contributed by atoms with van der Waals surface area (Å²) in [7, 11) is 1.65. The zero-order valence-corrected chi connectivity index (χ0v) is 19.8. The van der Waals surface area contributed by atoms with Crippen LogP contribution in [0.3, 0.4) is 0 Å². The van der Waals surface area contributed by atoms with Crippen molar-refractivity contribution in [1.29, 1.82) is 0 Å². The summed E-state index contributed by atoms with van der Waals surface area (Å²) in [5.74, 6) is 1.45. The summed E-state index contributed by atoms with van der Waals surface area (Å²) in [6.45, 7) is 6.96. The molecule has 0 aliphatic carbocycles. The van der Waals surface area contributed by atoms with E-state index < -0.39 is 11.9 Å². The first kappa shape index (κ1) is 25.7. The molecule has 6 nitrogen and oxygen atoms in total. The molecule has 0 radical (unpaired) electrons. The quantitative estimate of drug-likeness (QED) is 0.282. The predicted molar refractivity (Wildman–Crippen MR) is 120 cm³/mol. The van der Waals surface area contributed by atoms with Crippen LogP contribution in [-0.2, 0) is 12.6 Å². The van der Waals surface area contributed by atoms with E-state index in [9.17, 15) is 13.2 Å². The number of likely N-dealkylation sites (N-methyl/N-ethyl adjacent to an activating group) is 1. The van der Waals surface area contributed by atoms with Crippen molar-refractivity contribution in [2.45, 2.75) is 32.5 Å². The fourth-order valence-electron chi connectivity index (χ4n) is 2.81. The molecule has 2 N–H and O–H groups in total. The molecule has 2 aromatic rings. The highest BCUT2D eigenvalue weighted by Crippen LogP contribution is 2.30. The minimum atomic E-state index is -4.40. The van der Waals surface area contributed by atoms with Gasteiger partial charge in [-0.1, -0.05) is 13.8 Å². The highest BCUT2D eigenvalue weighted by Gasteiger charge is 2.33. The van der Waals surface area contributed by atoms with E-state index in [0.29, 0.717) is 30.5 Å². The van der Waals surface area contributed by atoms with Crippen molar-refractivity contribution in [3.8, 4) is 0 Å². The summed E-state index contributed by atoms with van der Waals surface area (Å²) in [5.41, 5.74) is -0.837. The van der Waals surface area contributed by atoms with Gasteiger partial charge in [0.25, 0.3) is 0 Å². The maximum absolute atomic E-state index is 12.6. The summed E-state index contributed by atoms with van der Waals surface area (Å²) in [6, 6.07) is 3.86. The molecule has 164 valence electrons. The highest BCUT2D eigenvalue weighted by molar-refractivity contribution is 14.0. The zero-order valence-electron chi connectivity index (χ0n) is 16.6. The summed E-state index contributed by atoms with van der Waals surface area (Å²) < 4.78 is 43.4. The van der Waals surface area contributed by atoms with E-state index >= 15 is 0 Å². The van der Waals surface area contributed by atoms with E-state index in [1.165, 1.54) is 0 Å². The molecule has 0 amide bonds. The molecule has 0 fully saturated rings. The molecule has 0 aromatic carbocycles. The number of alkyl halides is 3. The molecule has 0 bridgehead atoms. The van der Waals surface area contributed by atoms with E-state index in [0.717, 1.165) is 35.6 Å². The number of aromatic nitrogens is 1. The minimum absolute atomic E-state index is 0. The number of halogens is 4. The van der Waals surface area contributed by atoms with Gasteiger partial charge in [0.05, 0.1) is 17.3 Å². The Morgan fingerprint density at radius 1 is 1.31 bits per heavy atom. The van der Waals surface area contributed by atoms with Gasteiger partial charge in [-0.05, 0) is 25.2 Å². The lowest BCUT2D eigenvalue weighted by atomic mass is 10.2. The number of aliphatic imine (C=N–C) groups is 1. The number of guanidine groups is 1. The van der Waals surface area contributed by atoms with Gasteiger partial charge in [-0.15, -0.1) is 35.3 Å². The number of nitrogens with one attached hydrogen (secondary N) is 2. The van der Waals surface area contributed by atoms with Crippen LogP contribution >= 0.6 is 35.3 Å². The van der Waals surface area contributed by atoms with Crippen LogP contribution in [0.15, 0.2) is 33.2 Å². The van der Waals surface area contributed by atoms with Gasteiger partial charge in [0, 0.05) is 31.9 Å². The summed E-state index contributed by atoms with van der Waals surface area (Å²) in [6.07, 6.45) is -2.35. The first-order chi connectivity index (χ1) is 13.4. The topological polar surface area (TPSA) is 65.7 Å². The Bertz CT molecular complexity index is 732. The maximum atomic E-state index is 12.6. The lowest BCUT2D eigenvalue weighted by Gasteiger charge is -2.28. The fourth-order valence-corrected chi connectivity index (χ4v) is 3.62. The zero-order chi connectivity index (χ0) is 20.6. The summed E-state index contributed by atoms with van der Waals surface area (Å²) >= 11 is 1.01. The average Bonchev–Trinajstić information content (AvgIpc) is 3.35. The lowest BCUT2D eigenvalue weighted by Crippen LogP contribution is -2.43. The second-order valence-corrected chi connectivity index (χ2v) is 6.95. The minimum Gasteiger partial charge on any atom is -0.468 e. The van der Waals surface area contributed by atoms with E-state index in [-0.39, 0.29) is 30.0 Å². The van der Waals surface area contributed by atoms with Gasteiger partial charge in [0.15, 0.2) is 11.7 Å². The van der Waals surface area contributed by atoms with Crippen molar-refractivity contribution in [3.63, 3.8) is 0 Å². The van der Waals surface area contributed by atoms with Crippen molar-refractivity contribution in [2.24, 2.45) is 4.99 Å². The van der Waals surface area contributed by atoms with Crippen LogP contribution in [0, 0.1) is 0 Å². The molecule has 1 atom stereocenters. The van der Waals surface area contributed by atoms with Crippen molar-refractivity contribution < 1.29 is 17.6 Å². The molecule has 0 aliphatic rings. The van der Waals surface area contributed by atoms with Gasteiger partial charge in [-0.3, -0.25) is 9.89 Å². The van der Waals surface area contributed by atoms with Crippen LogP contribution in [-0.4, -0.2) is 49.1 Å². The van der Waals surface area contributed by atoms with Gasteiger partial charge in [0.1, 0.15) is 5.76 Å². The molecule has 29 heavy (non-hydrogen) atoms. The van der Waals surface area contributed by atoms with Crippen molar-refractivity contribution >= 4 is 41.3 Å². The SMILES string of the molecule is CCN(CC)C(CNC(=NC)NCCc1nc(C(F)(F)F)cs1)c1ccco1.I. The molecule has 0 spiro atoms. The average molecular weight is 545 g/mol. The molecule has 2 heterocycles. The third-order valence-electron chi connectivity index (χ3n) is 4.28. The van der Waals surface area contributed by atoms with Gasteiger partial charge < -0.3 is 15.1 Å². The largest absolute Gasteiger partial charge is 0.468 e. The molecular formula is C18H27F3IN5OS. The number of hydrogen-bond acceptors (Lipinski definition) is 5. The summed E-state index contributed by atoms with van der Waals surface area (Å²) in [5, 5.41) is 7.86. The number of thiazole rings is 1. The molecule has 2 rings (SSSR count). The molecular weight excluding hydrogens is 518 g/mol. The first-order valence-corrected chi connectivity index (χ1v) is 10.0. The van der Waals surface area contributed by atoms with Crippen LogP contribution in [0.5, 0.6) is 0 Å². The second kappa shape index (κ2) is 12.4. The van der Waals surface area contributed by atoms with Crippen molar-refractivity contribution in [3.05, 3.63) is 40.2 Å². The van der Waals surface area contributed by atoms with Crippen LogP contribution < -0.4 is 10.6 Å². The Morgan fingerprint density at radius 2 is 2.03 bits per heavy atom. The third-order valence-corrected chi connectivity index (χ3v) is 5.19. The Morgan fingerprint density at radius 3 is 2.55 bits per heavy atom. The number of rotatable bonds is 9. The standard InChI is InChI=1S/C18H26F3N5OS.HI/c1-4-26(5-2)13(14-7-6-10-27-14)11-24-17(22-3)23-9-8-16-25-15(12-28-16)18(19,20)21;/h6-7,10,12-13H,4-5,8-9,11H2,1-3H3,(H2,22,23,24);1H. The fraction of sp³-hybridized carbons (Fsp3) is 0.556. The van der Waals surface area contributed by atoms with E-state index in [1.54, 1.807) is 13.3 Å². The molecule has 0 saturated heterocycles. The number of furan rings is 1. The normalized spacial score (nSPS) is 13.3. The first-order valence-electron chi connectivity index (χ1n) is 9.12. The lowest BCUT2D eigenvalue weighted by molar-refractivity contribution is -0.140. The van der Waals surface area contributed by atoms with Crippen molar-refractivity contribution in [2.75, 3.05) is 33.2 Å². The highest BCUT2D eigenvalue weighted by atomic mass is 127. The summed E-state index contributed by atoms with van der Waals surface area (Å²) in [4.78, 5) is 10.1. The smallest absolute Gasteiger partial charge is 0.434 e. The Labute approximate surface area is 190 Å². The molecule has 11 heteroatoms. The van der Waals surface area contributed by atoms with Crippen LogP contribution in [0.25, 0.3) is 0 Å². The molecule has 1 unspecified atom stereocenters. The number of nitrogens with zero attached hydrogens (tertiary/aromatic N) is 3.